The van der Waals surface area contributed by atoms with Crippen molar-refractivity contribution in [2.75, 3.05) is 13.7 Å². The molecule has 1 amide bonds. The Kier molecular flexibility index (Phi) is 8.77. The SMILES string of the molecule is CO[C@H](CO[Si](c1ccccc1)(c1ccccc1)C(C)(C)C)[C@@H](Cc1ncccc1F)NC(=O)O. The number of rotatable bonds is 10. The molecule has 6 nitrogen and oxygen atoms in total. The molecule has 0 aliphatic carbocycles. The van der Waals surface area contributed by atoms with Gasteiger partial charge in [0.05, 0.1) is 24.4 Å². The monoisotopic (exact) mass is 496 g/mol. The standard InChI is InChI=1S/C27H33FN2O4Si/c1-27(2,3)35(20-12-7-5-8-13-20,21-14-9-6-10-15-21)34-19-25(33-4)24(30-26(31)32)18-23-22(28)16-11-17-29-23/h5-17,24-25,30H,18-19H2,1-4H3,(H,31,32)/t24-,25-/m1/s1. The van der Waals surface area contributed by atoms with Crippen LogP contribution in [0.3, 0.4) is 0 Å². The summed E-state index contributed by atoms with van der Waals surface area (Å²) in [6, 6.07) is 22.3. The predicted molar refractivity (Wildman–Crippen MR) is 137 cm³/mol. The maximum Gasteiger partial charge on any atom is 0.404 e. The first-order valence-electron chi connectivity index (χ1n) is 11.6. The van der Waals surface area contributed by atoms with Crippen LogP contribution in [0.15, 0.2) is 79.0 Å². The van der Waals surface area contributed by atoms with E-state index >= 15 is 0 Å². The second-order valence-electron chi connectivity index (χ2n) is 9.44. The topological polar surface area (TPSA) is 80.7 Å². The molecule has 2 N–H and O–H groups in total. The lowest BCUT2D eigenvalue weighted by Gasteiger charge is -2.44. The van der Waals surface area contributed by atoms with E-state index in [2.05, 4.69) is 55.3 Å². The van der Waals surface area contributed by atoms with Crippen LogP contribution in [0.5, 0.6) is 0 Å². The maximum absolute atomic E-state index is 14.3. The molecule has 0 radical (unpaired) electrons. The summed E-state index contributed by atoms with van der Waals surface area (Å²) >= 11 is 0. The maximum atomic E-state index is 14.3. The van der Waals surface area contributed by atoms with Crippen molar-refractivity contribution in [3.63, 3.8) is 0 Å². The molecule has 8 heteroatoms. The Balaban J connectivity index is 2.00. The van der Waals surface area contributed by atoms with E-state index in [1.807, 2.05) is 36.4 Å². The van der Waals surface area contributed by atoms with Crippen LogP contribution < -0.4 is 15.7 Å². The smallest absolute Gasteiger partial charge is 0.404 e. The number of halogens is 1. The molecule has 2 atom stereocenters. The molecule has 1 heterocycles. The van der Waals surface area contributed by atoms with E-state index in [0.29, 0.717) is 0 Å². The highest BCUT2D eigenvalue weighted by atomic mass is 28.4. The number of carbonyl (C=O) groups is 1. The van der Waals surface area contributed by atoms with Gasteiger partial charge in [0.1, 0.15) is 5.82 Å². The van der Waals surface area contributed by atoms with Crippen LogP contribution in [0.2, 0.25) is 5.04 Å². The van der Waals surface area contributed by atoms with Crippen molar-refractivity contribution in [3.8, 4) is 0 Å². The quantitative estimate of drug-likeness (QED) is 0.415. The molecule has 186 valence electrons. The molecule has 1 aromatic heterocycles. The van der Waals surface area contributed by atoms with Crippen molar-refractivity contribution in [1.29, 1.82) is 0 Å². The summed E-state index contributed by atoms with van der Waals surface area (Å²) < 4.78 is 27.0. The van der Waals surface area contributed by atoms with Crippen LogP contribution in [0, 0.1) is 5.82 Å². The lowest BCUT2D eigenvalue weighted by Crippen LogP contribution is -2.67. The molecule has 3 rings (SSSR count). The summed E-state index contributed by atoms with van der Waals surface area (Å²) in [7, 11) is -1.36. The Labute approximate surface area is 207 Å². The van der Waals surface area contributed by atoms with Gasteiger partial charge in [-0.3, -0.25) is 4.98 Å². The summed E-state index contributed by atoms with van der Waals surface area (Å²) in [5, 5.41) is 13.9. The molecule has 0 fully saturated rings. The van der Waals surface area contributed by atoms with E-state index in [0.717, 1.165) is 10.4 Å². The van der Waals surface area contributed by atoms with Crippen LogP contribution in [-0.4, -0.2) is 50.4 Å². The number of nitrogens with one attached hydrogen (secondary N) is 1. The predicted octanol–water partition coefficient (Wildman–Crippen LogP) is 3.99. The number of methoxy groups -OCH3 is 1. The van der Waals surface area contributed by atoms with Crippen molar-refractivity contribution < 1.29 is 23.5 Å². The zero-order valence-corrected chi connectivity index (χ0v) is 21.6. The van der Waals surface area contributed by atoms with Gasteiger partial charge in [-0.2, -0.15) is 0 Å². The van der Waals surface area contributed by atoms with Crippen molar-refractivity contribution in [1.82, 2.24) is 10.3 Å². The number of carboxylic acid groups (broad SMARTS) is 1. The number of amides is 1. The van der Waals surface area contributed by atoms with Gasteiger partial charge in [0.15, 0.2) is 0 Å². The summed E-state index contributed by atoms with van der Waals surface area (Å²) in [6.07, 6.45) is -0.383. The van der Waals surface area contributed by atoms with Gasteiger partial charge in [0.2, 0.25) is 0 Å². The number of aromatic nitrogens is 1. The van der Waals surface area contributed by atoms with E-state index in [9.17, 15) is 14.3 Å². The molecule has 35 heavy (non-hydrogen) atoms. The van der Waals surface area contributed by atoms with E-state index in [1.54, 1.807) is 0 Å². The molecule has 0 spiro atoms. The molecule has 2 aromatic carbocycles. The van der Waals surface area contributed by atoms with Crippen LogP contribution in [0.1, 0.15) is 26.5 Å². The number of nitrogens with zero attached hydrogens (tertiary/aromatic N) is 1. The van der Waals surface area contributed by atoms with Crippen molar-refractivity contribution in [2.45, 2.75) is 44.4 Å². The first-order chi connectivity index (χ1) is 16.7. The van der Waals surface area contributed by atoms with Gasteiger partial charge in [-0.15, -0.1) is 0 Å². The van der Waals surface area contributed by atoms with Gasteiger partial charge in [0.25, 0.3) is 8.32 Å². The fourth-order valence-electron chi connectivity index (χ4n) is 4.53. The van der Waals surface area contributed by atoms with Gasteiger partial charge < -0.3 is 19.6 Å². The van der Waals surface area contributed by atoms with Crippen molar-refractivity contribution >= 4 is 24.8 Å². The van der Waals surface area contributed by atoms with Crippen LogP contribution in [0.4, 0.5) is 9.18 Å². The third kappa shape index (κ3) is 6.14. The Bertz CT molecular complexity index is 1050. The Morgan fingerprint density at radius 3 is 2.06 bits per heavy atom. The number of ether oxygens (including phenoxy) is 1. The molecular formula is C27H33FN2O4Si. The highest BCUT2D eigenvalue weighted by Gasteiger charge is 2.50. The molecule has 0 unspecified atom stereocenters. The van der Waals surface area contributed by atoms with Crippen LogP contribution in [-0.2, 0) is 15.6 Å². The van der Waals surface area contributed by atoms with Crippen molar-refractivity contribution in [3.05, 3.63) is 90.5 Å². The van der Waals surface area contributed by atoms with Gasteiger partial charge in [-0.1, -0.05) is 81.4 Å². The molecule has 0 bridgehead atoms. The minimum atomic E-state index is -2.86. The molecule has 0 aliphatic rings. The van der Waals surface area contributed by atoms with Gasteiger partial charge >= 0.3 is 6.09 Å². The van der Waals surface area contributed by atoms with Gasteiger partial charge in [-0.05, 0) is 27.5 Å². The van der Waals surface area contributed by atoms with Gasteiger partial charge in [-0.25, -0.2) is 9.18 Å². The summed E-state index contributed by atoms with van der Waals surface area (Å²) in [6.45, 7) is 6.61. The number of benzene rings is 2. The normalized spacial score (nSPS) is 13.7. The van der Waals surface area contributed by atoms with Crippen molar-refractivity contribution in [2.24, 2.45) is 0 Å². The molecule has 3 aromatic rings. The van der Waals surface area contributed by atoms with Gasteiger partial charge in [0, 0.05) is 19.7 Å². The Hall–Kier alpha value is -3.07. The minimum Gasteiger partial charge on any atom is -0.465 e. The average Bonchev–Trinajstić information content (AvgIpc) is 2.83. The fourth-order valence-corrected chi connectivity index (χ4v) is 9.10. The molecule has 0 saturated carbocycles. The largest absolute Gasteiger partial charge is 0.465 e. The first-order valence-corrected chi connectivity index (χ1v) is 13.5. The molecule has 0 saturated heterocycles. The average molecular weight is 497 g/mol. The molecule has 0 aliphatic heterocycles. The lowest BCUT2D eigenvalue weighted by atomic mass is 10.0. The summed E-state index contributed by atoms with van der Waals surface area (Å²) in [5.41, 5.74) is 0.166. The fraction of sp³-hybridized carbons (Fsp3) is 0.333. The lowest BCUT2D eigenvalue weighted by molar-refractivity contribution is 0.0270. The first kappa shape index (κ1) is 26.5. The number of pyridine rings is 1. The van der Waals surface area contributed by atoms with E-state index in [1.165, 1.54) is 25.4 Å². The van der Waals surface area contributed by atoms with E-state index in [-0.39, 0.29) is 23.8 Å². The zero-order valence-electron chi connectivity index (χ0n) is 20.6. The highest BCUT2D eigenvalue weighted by Crippen LogP contribution is 2.37. The highest BCUT2D eigenvalue weighted by molar-refractivity contribution is 6.99. The summed E-state index contributed by atoms with van der Waals surface area (Å²) in [4.78, 5) is 15.7. The third-order valence-corrected chi connectivity index (χ3v) is 11.2. The second kappa shape index (κ2) is 11.6. The van der Waals surface area contributed by atoms with E-state index in [4.69, 9.17) is 9.16 Å². The number of hydrogen-bond donors (Lipinski definition) is 2. The summed E-state index contributed by atoms with van der Waals surface area (Å²) in [5.74, 6) is -0.493. The second-order valence-corrected chi connectivity index (χ2v) is 13.7. The third-order valence-electron chi connectivity index (χ3n) is 6.19. The molecular weight excluding hydrogens is 463 g/mol. The van der Waals surface area contributed by atoms with Crippen LogP contribution in [0.25, 0.3) is 0 Å². The minimum absolute atomic E-state index is 0.0294. The zero-order chi connectivity index (χ0) is 25.5. The Morgan fingerprint density at radius 2 is 1.60 bits per heavy atom. The Morgan fingerprint density at radius 1 is 1.03 bits per heavy atom. The number of hydrogen-bond acceptors (Lipinski definition) is 4. The van der Waals surface area contributed by atoms with E-state index < -0.39 is 32.4 Å². The van der Waals surface area contributed by atoms with Crippen LogP contribution >= 0.6 is 0 Å².